The minimum absolute atomic E-state index is 0.0317. The highest BCUT2D eigenvalue weighted by Gasteiger charge is 2.10. The van der Waals surface area contributed by atoms with E-state index in [-0.39, 0.29) is 5.78 Å². The van der Waals surface area contributed by atoms with Crippen molar-refractivity contribution in [2.24, 2.45) is 0 Å². The molecule has 0 fully saturated rings. The van der Waals surface area contributed by atoms with Gasteiger partial charge in [0.1, 0.15) is 5.69 Å². The van der Waals surface area contributed by atoms with Crippen molar-refractivity contribution in [1.82, 2.24) is 9.97 Å². The third kappa shape index (κ3) is 2.74. The van der Waals surface area contributed by atoms with Gasteiger partial charge in [-0.25, -0.2) is 4.98 Å². The number of ketones is 1. The number of thiazole rings is 1. The lowest BCUT2D eigenvalue weighted by molar-refractivity contribution is 0.0988. The van der Waals surface area contributed by atoms with Crippen molar-refractivity contribution < 1.29 is 4.79 Å². The molecule has 0 N–H and O–H groups in total. The van der Waals surface area contributed by atoms with Gasteiger partial charge in [0.05, 0.1) is 5.01 Å². The number of carbonyl (C=O) groups is 1. The largest absolute Gasteiger partial charge is 0.292 e. The molecule has 0 spiro atoms. The quantitative estimate of drug-likeness (QED) is 0.818. The summed E-state index contributed by atoms with van der Waals surface area (Å²) in [6, 6.07) is 1.89. The number of Topliss-reactive ketones (excluding diaryl/α,β-unsaturated/α-hetero) is 1. The van der Waals surface area contributed by atoms with Crippen LogP contribution in [0.5, 0.6) is 0 Å². The average Bonchev–Trinajstić information content (AvgIpc) is 2.65. The molecule has 82 valence electrons. The Morgan fingerprint density at radius 3 is 2.94 bits per heavy atom. The Hall–Kier alpha value is -1.07. The van der Waals surface area contributed by atoms with E-state index in [1.165, 1.54) is 11.3 Å². The van der Waals surface area contributed by atoms with Crippen molar-refractivity contribution in [2.75, 3.05) is 0 Å². The van der Waals surface area contributed by atoms with Gasteiger partial charge in [-0.3, -0.25) is 9.78 Å². The molecule has 2 rings (SSSR count). The van der Waals surface area contributed by atoms with Gasteiger partial charge < -0.3 is 0 Å². The molecule has 0 aliphatic heterocycles. The maximum atomic E-state index is 11.8. The predicted octanol–water partition coefficient (Wildman–Crippen LogP) is 3.03. The van der Waals surface area contributed by atoms with Crippen LogP contribution in [0.2, 0.25) is 0 Å². The second kappa shape index (κ2) is 4.84. The van der Waals surface area contributed by atoms with Gasteiger partial charge in [0.15, 0.2) is 5.78 Å². The van der Waals surface area contributed by atoms with E-state index in [1.807, 2.05) is 13.0 Å². The lowest BCUT2D eigenvalue weighted by Crippen LogP contribution is -2.04. The summed E-state index contributed by atoms with van der Waals surface area (Å²) in [6.07, 6.45) is 3.73. The number of halogens is 1. The summed E-state index contributed by atoms with van der Waals surface area (Å²) in [6.45, 7) is 1.89. The van der Waals surface area contributed by atoms with Gasteiger partial charge >= 0.3 is 0 Å². The second-order valence-electron chi connectivity index (χ2n) is 3.36. The van der Waals surface area contributed by atoms with Crippen molar-refractivity contribution >= 4 is 33.0 Å². The number of hydrogen-bond acceptors (Lipinski definition) is 4. The van der Waals surface area contributed by atoms with Gasteiger partial charge in [-0.15, -0.1) is 11.3 Å². The molecule has 2 heterocycles. The maximum Gasteiger partial charge on any atom is 0.186 e. The molecular weight excluding hydrogens is 288 g/mol. The zero-order chi connectivity index (χ0) is 11.5. The van der Waals surface area contributed by atoms with Gasteiger partial charge in [0.25, 0.3) is 0 Å². The van der Waals surface area contributed by atoms with Gasteiger partial charge in [-0.2, -0.15) is 0 Å². The third-order valence-electron chi connectivity index (χ3n) is 2.03. The SMILES string of the molecule is Cc1nc(C(=O)Cc2cncc(Br)c2)cs1. The fraction of sp³-hybridized carbons (Fsp3) is 0.182. The second-order valence-corrected chi connectivity index (χ2v) is 5.34. The highest BCUT2D eigenvalue weighted by Crippen LogP contribution is 2.14. The summed E-state index contributed by atoms with van der Waals surface area (Å²) in [4.78, 5) is 20.0. The first-order valence-electron chi connectivity index (χ1n) is 4.70. The summed E-state index contributed by atoms with van der Waals surface area (Å²) in [5, 5.41) is 2.71. The Morgan fingerprint density at radius 2 is 2.31 bits per heavy atom. The van der Waals surface area contributed by atoms with E-state index < -0.39 is 0 Å². The normalized spacial score (nSPS) is 10.4. The van der Waals surface area contributed by atoms with E-state index in [1.54, 1.807) is 17.8 Å². The average molecular weight is 297 g/mol. The Labute approximate surface area is 106 Å². The molecule has 0 unspecified atom stereocenters. The molecule has 0 saturated carbocycles. The topological polar surface area (TPSA) is 42.9 Å². The molecule has 0 radical (unpaired) electrons. The lowest BCUT2D eigenvalue weighted by Gasteiger charge is -1.98. The van der Waals surface area contributed by atoms with E-state index in [9.17, 15) is 4.79 Å². The van der Waals surface area contributed by atoms with Crippen LogP contribution >= 0.6 is 27.3 Å². The van der Waals surface area contributed by atoms with Crippen LogP contribution in [0.25, 0.3) is 0 Å². The third-order valence-corrected chi connectivity index (χ3v) is 3.24. The van der Waals surface area contributed by atoms with Crippen molar-refractivity contribution in [1.29, 1.82) is 0 Å². The molecule has 3 nitrogen and oxygen atoms in total. The molecule has 0 bridgehead atoms. The molecule has 0 saturated heterocycles. The number of hydrogen-bond donors (Lipinski definition) is 0. The Morgan fingerprint density at radius 1 is 1.50 bits per heavy atom. The first-order chi connectivity index (χ1) is 7.65. The smallest absolute Gasteiger partial charge is 0.186 e. The van der Waals surface area contributed by atoms with Gasteiger partial charge in [-0.1, -0.05) is 0 Å². The van der Waals surface area contributed by atoms with Crippen LogP contribution in [0.1, 0.15) is 21.1 Å². The fourth-order valence-electron chi connectivity index (χ4n) is 1.32. The minimum atomic E-state index is 0.0317. The molecule has 0 aromatic carbocycles. The summed E-state index contributed by atoms with van der Waals surface area (Å²) in [5.74, 6) is 0.0317. The van der Waals surface area contributed by atoms with Crippen LogP contribution in [0.4, 0.5) is 0 Å². The number of carbonyl (C=O) groups excluding carboxylic acids is 1. The number of aryl methyl sites for hydroxylation is 1. The van der Waals surface area contributed by atoms with E-state index >= 15 is 0 Å². The number of nitrogens with zero attached hydrogens (tertiary/aromatic N) is 2. The van der Waals surface area contributed by atoms with E-state index in [4.69, 9.17) is 0 Å². The maximum absolute atomic E-state index is 11.8. The van der Waals surface area contributed by atoms with Crippen LogP contribution in [0.15, 0.2) is 28.3 Å². The van der Waals surface area contributed by atoms with Gasteiger partial charge in [0.2, 0.25) is 0 Å². The summed E-state index contributed by atoms with van der Waals surface area (Å²) in [5.41, 5.74) is 1.44. The Bertz CT molecular complexity index is 524. The highest BCUT2D eigenvalue weighted by molar-refractivity contribution is 9.10. The first kappa shape index (κ1) is 11.4. The van der Waals surface area contributed by atoms with Crippen LogP contribution in [0.3, 0.4) is 0 Å². The lowest BCUT2D eigenvalue weighted by atomic mass is 10.1. The number of rotatable bonds is 3. The molecule has 0 aliphatic carbocycles. The predicted molar refractivity (Wildman–Crippen MR) is 66.8 cm³/mol. The number of pyridine rings is 1. The van der Waals surface area contributed by atoms with E-state index in [2.05, 4.69) is 25.9 Å². The van der Waals surface area contributed by atoms with Crippen molar-refractivity contribution in [3.8, 4) is 0 Å². The fourth-order valence-corrected chi connectivity index (χ4v) is 2.35. The summed E-state index contributed by atoms with van der Waals surface area (Å²) < 4.78 is 0.882. The van der Waals surface area contributed by atoms with Crippen LogP contribution in [-0.2, 0) is 6.42 Å². The molecule has 0 aliphatic rings. The monoisotopic (exact) mass is 296 g/mol. The molecule has 2 aromatic heterocycles. The zero-order valence-electron chi connectivity index (χ0n) is 8.61. The minimum Gasteiger partial charge on any atom is -0.292 e. The molecule has 16 heavy (non-hydrogen) atoms. The van der Waals surface area contributed by atoms with E-state index in [0.717, 1.165) is 15.0 Å². The molecule has 0 atom stereocenters. The van der Waals surface area contributed by atoms with Gasteiger partial charge in [-0.05, 0) is 34.5 Å². The zero-order valence-corrected chi connectivity index (χ0v) is 11.0. The Kier molecular flexibility index (Phi) is 3.46. The molecular formula is C11H9BrN2OS. The van der Waals surface area contributed by atoms with Crippen LogP contribution in [-0.4, -0.2) is 15.8 Å². The molecule has 0 amide bonds. The molecule has 2 aromatic rings. The summed E-state index contributed by atoms with van der Waals surface area (Å²) >= 11 is 4.81. The van der Waals surface area contributed by atoms with Crippen molar-refractivity contribution in [3.63, 3.8) is 0 Å². The van der Waals surface area contributed by atoms with Crippen LogP contribution in [0, 0.1) is 6.92 Å². The summed E-state index contributed by atoms with van der Waals surface area (Å²) in [7, 11) is 0. The Balaban J connectivity index is 2.13. The van der Waals surface area contributed by atoms with Crippen molar-refractivity contribution in [3.05, 3.63) is 44.6 Å². The number of aromatic nitrogens is 2. The van der Waals surface area contributed by atoms with E-state index in [0.29, 0.717) is 12.1 Å². The highest BCUT2D eigenvalue weighted by atomic mass is 79.9. The van der Waals surface area contributed by atoms with Gasteiger partial charge in [0, 0.05) is 28.7 Å². The van der Waals surface area contributed by atoms with Crippen LogP contribution < -0.4 is 0 Å². The standard InChI is InChI=1S/C11H9BrN2OS/c1-7-14-10(6-16-7)11(15)3-8-2-9(12)5-13-4-8/h2,4-6H,3H2,1H3. The molecule has 5 heteroatoms. The first-order valence-corrected chi connectivity index (χ1v) is 6.37. The van der Waals surface area contributed by atoms with Crippen molar-refractivity contribution in [2.45, 2.75) is 13.3 Å².